The lowest BCUT2D eigenvalue weighted by Gasteiger charge is -2.32. The van der Waals surface area contributed by atoms with Gasteiger partial charge in [0, 0.05) is 13.1 Å². The molecule has 0 saturated carbocycles. The Morgan fingerprint density at radius 3 is 3.13 bits per heavy atom. The van der Waals surface area contributed by atoms with Gasteiger partial charge in [0.1, 0.15) is 0 Å². The maximum absolute atomic E-state index is 11.7. The molecule has 0 aliphatic carbocycles. The first-order chi connectivity index (χ1) is 7.27. The molecule has 1 saturated heterocycles. The number of rotatable bonds is 5. The fourth-order valence-electron chi connectivity index (χ4n) is 1.54. The molecule has 1 rings (SSSR count). The van der Waals surface area contributed by atoms with Gasteiger partial charge in [-0.2, -0.15) is 0 Å². The fraction of sp³-hybridized carbons (Fsp3) is 0.900. The first-order valence-corrected chi connectivity index (χ1v) is 5.49. The van der Waals surface area contributed by atoms with Crippen LogP contribution in [-0.2, 0) is 9.53 Å². The summed E-state index contributed by atoms with van der Waals surface area (Å²) < 4.78 is 5.27. The molecular weight excluding hydrogens is 196 g/mol. The Morgan fingerprint density at radius 1 is 1.67 bits per heavy atom. The van der Waals surface area contributed by atoms with Crippen molar-refractivity contribution in [3.63, 3.8) is 0 Å². The summed E-state index contributed by atoms with van der Waals surface area (Å²) >= 11 is 0. The number of amides is 1. The molecule has 0 aromatic rings. The molecule has 1 heterocycles. The Morgan fingerprint density at radius 2 is 2.47 bits per heavy atom. The number of nitrogens with zero attached hydrogens (tertiary/aromatic N) is 1. The summed E-state index contributed by atoms with van der Waals surface area (Å²) in [5, 5.41) is 12.0. The summed E-state index contributed by atoms with van der Waals surface area (Å²) in [6.07, 6.45) is 0.809. The largest absolute Gasteiger partial charge is 0.394 e. The lowest BCUT2D eigenvalue weighted by molar-refractivity contribution is -0.139. The van der Waals surface area contributed by atoms with Gasteiger partial charge in [0.15, 0.2) is 0 Å². The van der Waals surface area contributed by atoms with Crippen LogP contribution in [0.2, 0.25) is 0 Å². The van der Waals surface area contributed by atoms with Crippen LogP contribution in [0, 0.1) is 0 Å². The summed E-state index contributed by atoms with van der Waals surface area (Å²) in [7, 11) is 0. The third-order valence-electron chi connectivity index (χ3n) is 2.40. The van der Waals surface area contributed by atoms with Gasteiger partial charge in [0.05, 0.1) is 25.9 Å². The number of hydrogen-bond donors (Lipinski definition) is 2. The number of nitrogens with one attached hydrogen (secondary N) is 1. The van der Waals surface area contributed by atoms with Crippen molar-refractivity contribution < 1.29 is 14.6 Å². The third-order valence-corrected chi connectivity index (χ3v) is 2.40. The smallest absolute Gasteiger partial charge is 0.236 e. The number of morpholine rings is 1. The molecule has 5 heteroatoms. The molecule has 5 nitrogen and oxygen atoms in total. The highest BCUT2D eigenvalue weighted by molar-refractivity contribution is 5.78. The van der Waals surface area contributed by atoms with Gasteiger partial charge in [0.2, 0.25) is 5.91 Å². The molecule has 1 aliphatic heterocycles. The molecule has 0 aromatic carbocycles. The van der Waals surface area contributed by atoms with Crippen LogP contribution in [0.5, 0.6) is 0 Å². The minimum atomic E-state index is -0.214. The van der Waals surface area contributed by atoms with Crippen LogP contribution in [0.1, 0.15) is 13.3 Å². The van der Waals surface area contributed by atoms with Crippen molar-refractivity contribution in [1.82, 2.24) is 10.2 Å². The van der Waals surface area contributed by atoms with Gasteiger partial charge in [0.25, 0.3) is 0 Å². The second-order valence-corrected chi connectivity index (χ2v) is 3.69. The van der Waals surface area contributed by atoms with E-state index in [1.54, 1.807) is 4.90 Å². The van der Waals surface area contributed by atoms with Crippen LogP contribution >= 0.6 is 0 Å². The summed E-state index contributed by atoms with van der Waals surface area (Å²) in [5.74, 6) is 0.0881. The molecule has 0 radical (unpaired) electrons. The van der Waals surface area contributed by atoms with Crippen molar-refractivity contribution in [2.45, 2.75) is 19.4 Å². The summed E-state index contributed by atoms with van der Waals surface area (Å²) in [6.45, 7) is 4.93. The average Bonchev–Trinajstić information content (AvgIpc) is 2.29. The van der Waals surface area contributed by atoms with Crippen LogP contribution in [0.25, 0.3) is 0 Å². The highest BCUT2D eigenvalue weighted by Crippen LogP contribution is 2.04. The van der Waals surface area contributed by atoms with Crippen molar-refractivity contribution in [2.75, 3.05) is 39.4 Å². The van der Waals surface area contributed by atoms with Gasteiger partial charge in [-0.1, -0.05) is 6.92 Å². The van der Waals surface area contributed by atoms with Gasteiger partial charge >= 0.3 is 0 Å². The van der Waals surface area contributed by atoms with E-state index in [4.69, 9.17) is 9.84 Å². The maximum Gasteiger partial charge on any atom is 0.236 e. The number of hydrogen-bond acceptors (Lipinski definition) is 4. The van der Waals surface area contributed by atoms with E-state index in [-0.39, 0.29) is 18.6 Å². The number of aliphatic hydroxyl groups is 1. The molecule has 1 amide bonds. The first kappa shape index (κ1) is 12.4. The minimum absolute atomic E-state index is 0.0217. The Hall–Kier alpha value is -0.650. The average molecular weight is 216 g/mol. The molecular formula is C10H20N2O3. The Labute approximate surface area is 90.4 Å². The Balaban J connectivity index is 2.25. The summed E-state index contributed by atoms with van der Waals surface area (Å²) in [6, 6.07) is 0. The van der Waals surface area contributed by atoms with Gasteiger partial charge in [-0.15, -0.1) is 0 Å². The molecule has 15 heavy (non-hydrogen) atoms. The molecule has 2 N–H and O–H groups in total. The standard InChI is InChI=1S/C10H20N2O3/c1-2-3-11-6-10(14)12-4-5-15-9(7-12)8-13/h9,11,13H,2-8H2,1H3. The van der Waals surface area contributed by atoms with Gasteiger partial charge in [-0.05, 0) is 13.0 Å². The van der Waals surface area contributed by atoms with E-state index in [2.05, 4.69) is 12.2 Å². The monoisotopic (exact) mass is 216 g/mol. The Kier molecular flexibility index (Phi) is 5.60. The van der Waals surface area contributed by atoms with Crippen LogP contribution in [-0.4, -0.2) is 61.4 Å². The van der Waals surface area contributed by atoms with E-state index in [1.807, 2.05) is 0 Å². The number of carbonyl (C=O) groups is 1. The predicted molar refractivity (Wildman–Crippen MR) is 56.6 cm³/mol. The molecule has 88 valence electrons. The van der Waals surface area contributed by atoms with Crippen molar-refractivity contribution in [2.24, 2.45) is 0 Å². The normalized spacial score (nSPS) is 21.7. The lowest BCUT2D eigenvalue weighted by atomic mass is 10.3. The molecule has 1 aliphatic rings. The molecule has 1 unspecified atom stereocenters. The van der Waals surface area contributed by atoms with Crippen molar-refractivity contribution >= 4 is 5.91 Å². The van der Waals surface area contributed by atoms with E-state index >= 15 is 0 Å². The van der Waals surface area contributed by atoms with Crippen LogP contribution in [0.4, 0.5) is 0 Å². The lowest BCUT2D eigenvalue weighted by Crippen LogP contribution is -2.49. The van der Waals surface area contributed by atoms with E-state index in [9.17, 15) is 4.79 Å². The quantitative estimate of drug-likeness (QED) is 0.591. The third kappa shape index (κ3) is 4.15. The summed E-state index contributed by atoms with van der Waals surface area (Å²) in [4.78, 5) is 13.4. The van der Waals surface area contributed by atoms with Crippen LogP contribution in [0.15, 0.2) is 0 Å². The predicted octanol–water partition coefficient (Wildman–Crippen LogP) is -0.794. The number of ether oxygens (including phenoxy) is 1. The molecule has 0 bridgehead atoms. The first-order valence-electron chi connectivity index (χ1n) is 5.49. The number of aliphatic hydroxyl groups excluding tert-OH is 1. The Bertz CT molecular complexity index is 199. The topological polar surface area (TPSA) is 61.8 Å². The molecule has 1 fully saturated rings. The zero-order valence-electron chi connectivity index (χ0n) is 9.24. The maximum atomic E-state index is 11.7. The van der Waals surface area contributed by atoms with E-state index in [0.29, 0.717) is 26.2 Å². The fourth-order valence-corrected chi connectivity index (χ4v) is 1.54. The molecule has 0 spiro atoms. The molecule has 0 aromatic heterocycles. The zero-order chi connectivity index (χ0) is 11.1. The van der Waals surface area contributed by atoms with E-state index in [1.165, 1.54) is 0 Å². The highest BCUT2D eigenvalue weighted by atomic mass is 16.5. The van der Waals surface area contributed by atoms with Crippen molar-refractivity contribution in [3.8, 4) is 0 Å². The van der Waals surface area contributed by atoms with Crippen LogP contribution < -0.4 is 5.32 Å². The van der Waals surface area contributed by atoms with Crippen molar-refractivity contribution in [3.05, 3.63) is 0 Å². The second-order valence-electron chi connectivity index (χ2n) is 3.69. The van der Waals surface area contributed by atoms with Gasteiger partial charge < -0.3 is 20.1 Å². The SMILES string of the molecule is CCCNCC(=O)N1CCOC(CO)C1. The van der Waals surface area contributed by atoms with Gasteiger partial charge in [-0.3, -0.25) is 4.79 Å². The van der Waals surface area contributed by atoms with Crippen LogP contribution in [0.3, 0.4) is 0 Å². The van der Waals surface area contributed by atoms with E-state index in [0.717, 1.165) is 13.0 Å². The summed E-state index contributed by atoms with van der Waals surface area (Å²) in [5.41, 5.74) is 0. The second kappa shape index (κ2) is 6.76. The van der Waals surface area contributed by atoms with Gasteiger partial charge in [-0.25, -0.2) is 0 Å². The van der Waals surface area contributed by atoms with E-state index < -0.39 is 0 Å². The minimum Gasteiger partial charge on any atom is -0.394 e. The highest BCUT2D eigenvalue weighted by Gasteiger charge is 2.22. The zero-order valence-corrected chi connectivity index (χ0v) is 9.24. The molecule has 1 atom stereocenters. The number of carbonyl (C=O) groups excluding carboxylic acids is 1. The van der Waals surface area contributed by atoms with Crippen molar-refractivity contribution in [1.29, 1.82) is 0 Å².